The molecule has 17 heavy (non-hydrogen) atoms. The second-order valence-electron chi connectivity index (χ2n) is 4.85. The largest absolute Gasteiger partial charge is 0.396 e. The summed E-state index contributed by atoms with van der Waals surface area (Å²) in [5.74, 6) is 6.42. The van der Waals surface area contributed by atoms with Gasteiger partial charge in [-0.25, -0.2) is 5.84 Å². The first kappa shape index (κ1) is 13.9. The van der Waals surface area contributed by atoms with E-state index < -0.39 is 0 Å². The number of rotatable bonds is 7. The number of hydrogen-bond donors (Lipinski definition) is 2. The molecule has 1 unspecified atom stereocenters. The Bertz CT molecular complexity index is 336. The Hall–Kier alpha value is -1.13. The van der Waals surface area contributed by atoms with Crippen LogP contribution in [-0.4, -0.2) is 29.1 Å². The molecule has 0 spiro atoms. The molecule has 1 fully saturated rings. The van der Waals surface area contributed by atoms with Gasteiger partial charge in [0.25, 0.3) is 0 Å². The summed E-state index contributed by atoms with van der Waals surface area (Å²) < 4.78 is 0. The molecule has 0 aromatic rings. The predicted molar refractivity (Wildman–Crippen MR) is 67.8 cm³/mol. The zero-order valence-electron chi connectivity index (χ0n) is 10.6. The highest BCUT2D eigenvalue weighted by Gasteiger charge is 2.35. The van der Waals surface area contributed by atoms with E-state index in [9.17, 15) is 4.79 Å². The summed E-state index contributed by atoms with van der Waals surface area (Å²) in [6, 6.07) is 0. The van der Waals surface area contributed by atoms with Crippen LogP contribution in [0.1, 0.15) is 26.7 Å². The molecule has 0 amide bonds. The smallest absolute Gasteiger partial charge is 0.141 e. The van der Waals surface area contributed by atoms with Crippen molar-refractivity contribution in [2.45, 2.75) is 26.7 Å². The third-order valence-corrected chi connectivity index (χ3v) is 3.10. The highest BCUT2D eigenvalue weighted by Crippen LogP contribution is 2.32. The summed E-state index contributed by atoms with van der Waals surface area (Å²) in [6.07, 6.45) is 3.33. The fourth-order valence-corrected chi connectivity index (χ4v) is 1.56. The van der Waals surface area contributed by atoms with E-state index in [4.69, 9.17) is 10.9 Å². The van der Waals surface area contributed by atoms with Gasteiger partial charge in [-0.15, -0.1) is 0 Å². The number of aliphatic hydroxyl groups excluding tert-OH is 1. The molecular weight excluding hydrogens is 216 g/mol. The molecule has 0 saturated heterocycles. The quantitative estimate of drug-likeness (QED) is 0.398. The first-order chi connectivity index (χ1) is 7.95. The normalized spacial score (nSPS) is 21.3. The van der Waals surface area contributed by atoms with Gasteiger partial charge in [0.15, 0.2) is 0 Å². The Kier molecular flexibility index (Phi) is 4.90. The van der Waals surface area contributed by atoms with Gasteiger partial charge in [0, 0.05) is 31.2 Å². The average molecular weight is 238 g/mol. The standard InChI is InChI=1S/C13H22N2O2/c1-9(8-16)4-5-15(14)11(3)6-10(2)12-7-13(12)17/h6,9,12,16H,2,4-5,7-8,14H2,1,3H3/b11-6-/t9-,12?/m1/s1. The lowest BCUT2D eigenvalue weighted by Crippen LogP contribution is -2.31. The van der Waals surface area contributed by atoms with E-state index in [2.05, 4.69) is 6.58 Å². The van der Waals surface area contributed by atoms with Crippen molar-refractivity contribution in [2.75, 3.05) is 13.2 Å². The second-order valence-corrected chi connectivity index (χ2v) is 4.85. The molecule has 0 heterocycles. The van der Waals surface area contributed by atoms with Crippen molar-refractivity contribution in [3.05, 3.63) is 23.9 Å². The lowest BCUT2D eigenvalue weighted by molar-refractivity contribution is -0.110. The Morgan fingerprint density at radius 1 is 1.76 bits per heavy atom. The van der Waals surface area contributed by atoms with Crippen LogP contribution in [0.5, 0.6) is 0 Å². The van der Waals surface area contributed by atoms with Crippen molar-refractivity contribution in [3.63, 3.8) is 0 Å². The van der Waals surface area contributed by atoms with Crippen molar-refractivity contribution in [1.82, 2.24) is 5.01 Å². The molecule has 0 aromatic carbocycles. The maximum atomic E-state index is 11.0. The number of allylic oxidation sites excluding steroid dienone is 3. The van der Waals surface area contributed by atoms with Crippen LogP contribution in [0.3, 0.4) is 0 Å². The monoisotopic (exact) mass is 238 g/mol. The van der Waals surface area contributed by atoms with Crippen LogP contribution in [0.4, 0.5) is 0 Å². The van der Waals surface area contributed by atoms with Crippen LogP contribution in [0.15, 0.2) is 23.9 Å². The number of carbonyl (C=O) groups is 1. The zero-order chi connectivity index (χ0) is 13.0. The fourth-order valence-electron chi connectivity index (χ4n) is 1.56. The predicted octanol–water partition coefficient (Wildman–Crippen LogP) is 1.23. The van der Waals surface area contributed by atoms with Gasteiger partial charge in [-0.2, -0.15) is 0 Å². The molecule has 0 radical (unpaired) electrons. The van der Waals surface area contributed by atoms with Crippen LogP contribution in [0.25, 0.3) is 0 Å². The summed E-state index contributed by atoms with van der Waals surface area (Å²) in [5.41, 5.74) is 1.75. The average Bonchev–Trinajstić information content (AvgIpc) is 3.02. The molecule has 2 atom stereocenters. The fraction of sp³-hybridized carbons (Fsp3) is 0.615. The van der Waals surface area contributed by atoms with Crippen LogP contribution in [0, 0.1) is 11.8 Å². The van der Waals surface area contributed by atoms with Crippen LogP contribution in [0.2, 0.25) is 0 Å². The molecule has 0 bridgehead atoms. The molecule has 1 rings (SSSR count). The van der Waals surface area contributed by atoms with E-state index in [0.717, 1.165) is 17.7 Å². The summed E-state index contributed by atoms with van der Waals surface area (Å²) in [6.45, 7) is 8.64. The number of Topliss-reactive ketones (excluding diaryl/α,β-unsaturated/α-hetero) is 1. The van der Waals surface area contributed by atoms with Crippen molar-refractivity contribution in [2.24, 2.45) is 17.7 Å². The molecule has 4 nitrogen and oxygen atoms in total. The van der Waals surface area contributed by atoms with Crippen LogP contribution < -0.4 is 5.84 Å². The number of carbonyl (C=O) groups excluding carboxylic acids is 1. The minimum atomic E-state index is 0.0229. The van der Waals surface area contributed by atoms with Crippen molar-refractivity contribution in [1.29, 1.82) is 0 Å². The molecule has 0 aromatic heterocycles. The van der Waals surface area contributed by atoms with Gasteiger partial charge in [-0.05, 0) is 30.9 Å². The van der Waals surface area contributed by atoms with E-state index >= 15 is 0 Å². The van der Waals surface area contributed by atoms with Crippen molar-refractivity contribution in [3.8, 4) is 0 Å². The highest BCUT2D eigenvalue weighted by molar-refractivity contribution is 5.99. The van der Waals surface area contributed by atoms with Gasteiger partial charge in [0.1, 0.15) is 5.78 Å². The highest BCUT2D eigenvalue weighted by atomic mass is 16.3. The third kappa shape index (κ3) is 4.32. The van der Waals surface area contributed by atoms with E-state index in [1.54, 1.807) is 5.01 Å². The van der Waals surface area contributed by atoms with E-state index in [1.807, 2.05) is 19.9 Å². The van der Waals surface area contributed by atoms with E-state index in [1.165, 1.54) is 0 Å². The number of nitrogens with two attached hydrogens (primary N) is 1. The molecule has 3 N–H and O–H groups in total. The van der Waals surface area contributed by atoms with Crippen molar-refractivity contribution < 1.29 is 9.90 Å². The van der Waals surface area contributed by atoms with Gasteiger partial charge in [0.2, 0.25) is 0 Å². The van der Waals surface area contributed by atoms with Gasteiger partial charge in [-0.3, -0.25) is 4.79 Å². The van der Waals surface area contributed by atoms with E-state index in [-0.39, 0.29) is 24.2 Å². The first-order valence-electron chi connectivity index (χ1n) is 5.98. The summed E-state index contributed by atoms with van der Waals surface area (Å²) in [4.78, 5) is 11.0. The number of hydrazine groups is 1. The lowest BCUT2D eigenvalue weighted by Gasteiger charge is -2.21. The van der Waals surface area contributed by atoms with Crippen LogP contribution >= 0.6 is 0 Å². The lowest BCUT2D eigenvalue weighted by atomic mass is 10.1. The summed E-state index contributed by atoms with van der Waals surface area (Å²) >= 11 is 0. The van der Waals surface area contributed by atoms with Gasteiger partial charge in [-0.1, -0.05) is 13.5 Å². The molecule has 1 aliphatic rings. The summed E-state index contributed by atoms with van der Waals surface area (Å²) in [7, 11) is 0. The topological polar surface area (TPSA) is 66.6 Å². The minimum absolute atomic E-state index is 0.0229. The zero-order valence-corrected chi connectivity index (χ0v) is 10.6. The number of ketones is 1. The van der Waals surface area contributed by atoms with Gasteiger partial charge >= 0.3 is 0 Å². The van der Waals surface area contributed by atoms with Gasteiger partial charge < -0.3 is 10.1 Å². The van der Waals surface area contributed by atoms with Gasteiger partial charge in [0.05, 0.1) is 0 Å². The Morgan fingerprint density at radius 2 is 2.35 bits per heavy atom. The maximum absolute atomic E-state index is 11.0. The molecule has 1 saturated carbocycles. The molecule has 1 aliphatic carbocycles. The number of aliphatic hydroxyl groups is 1. The summed E-state index contributed by atoms with van der Waals surface area (Å²) in [5, 5.41) is 10.6. The third-order valence-electron chi connectivity index (χ3n) is 3.10. The Balaban J connectivity index is 2.39. The van der Waals surface area contributed by atoms with Crippen LogP contribution in [-0.2, 0) is 4.79 Å². The first-order valence-corrected chi connectivity index (χ1v) is 5.98. The molecule has 96 valence electrons. The Labute approximate surface area is 103 Å². The molecular formula is C13H22N2O2. The van der Waals surface area contributed by atoms with Crippen molar-refractivity contribution >= 4 is 5.78 Å². The second kappa shape index (κ2) is 5.98. The number of nitrogens with zero attached hydrogens (tertiary/aromatic N) is 1. The molecule has 0 aliphatic heterocycles. The minimum Gasteiger partial charge on any atom is -0.396 e. The molecule has 4 heteroatoms. The SMILES string of the molecule is C=C(/C=C(/C)N(N)CC[C@@H](C)CO)C1CC1=O. The maximum Gasteiger partial charge on any atom is 0.141 e. The number of hydrogen-bond acceptors (Lipinski definition) is 4. The van der Waals surface area contributed by atoms with E-state index in [0.29, 0.717) is 13.0 Å². The Morgan fingerprint density at radius 3 is 2.82 bits per heavy atom.